The topological polar surface area (TPSA) is 52.6 Å². The number of carbonyl (C=O) groups excluding carboxylic acids is 1. The van der Waals surface area contributed by atoms with Crippen LogP contribution >= 0.6 is 0 Å². The van der Waals surface area contributed by atoms with Crippen molar-refractivity contribution in [2.75, 3.05) is 33.3 Å². The first-order valence-corrected chi connectivity index (χ1v) is 11.8. The van der Waals surface area contributed by atoms with Crippen molar-refractivity contribution in [3.8, 4) is 0 Å². The van der Waals surface area contributed by atoms with Gasteiger partial charge < -0.3 is 15.3 Å². The molecule has 1 amide bonds. The number of nitrogens with one attached hydrogen (secondary N) is 1. The second-order valence-electron chi connectivity index (χ2n) is 8.08. The molecule has 0 spiro atoms. The molecule has 0 saturated carbocycles. The van der Waals surface area contributed by atoms with Crippen LogP contribution in [-0.2, 0) is 4.79 Å². The van der Waals surface area contributed by atoms with Crippen molar-refractivity contribution in [2.45, 2.75) is 110 Å². The quantitative estimate of drug-likeness (QED) is 0.264. The van der Waals surface area contributed by atoms with Crippen LogP contribution in [0.3, 0.4) is 0 Å². The summed E-state index contributed by atoms with van der Waals surface area (Å²) < 4.78 is 0. The third kappa shape index (κ3) is 21.5. The minimum Gasteiger partial charge on any atom is -0.395 e. The Morgan fingerprint density at radius 1 is 0.741 bits per heavy atom. The Morgan fingerprint density at radius 2 is 1.22 bits per heavy atom. The predicted octanol–water partition coefficient (Wildman–Crippen LogP) is 5.29. The van der Waals surface area contributed by atoms with E-state index in [0.29, 0.717) is 13.0 Å². The van der Waals surface area contributed by atoms with Gasteiger partial charge in [0, 0.05) is 19.5 Å². The molecular weight excluding hydrogens is 336 g/mol. The molecule has 4 heteroatoms. The average Bonchev–Trinajstić information content (AvgIpc) is 2.65. The molecule has 0 atom stereocenters. The molecule has 0 radical (unpaired) electrons. The Morgan fingerprint density at radius 3 is 1.70 bits per heavy atom. The zero-order valence-electron chi connectivity index (χ0n) is 18.4. The van der Waals surface area contributed by atoms with Gasteiger partial charge in [0.05, 0.1) is 6.61 Å². The number of aliphatic hydroxyl groups is 1. The molecule has 0 aromatic carbocycles. The number of rotatable bonds is 21. The van der Waals surface area contributed by atoms with Gasteiger partial charge in [0.15, 0.2) is 0 Å². The van der Waals surface area contributed by atoms with E-state index < -0.39 is 0 Å². The van der Waals surface area contributed by atoms with Crippen molar-refractivity contribution in [2.24, 2.45) is 0 Å². The van der Waals surface area contributed by atoms with Gasteiger partial charge in [-0.3, -0.25) is 4.79 Å². The molecule has 0 bridgehead atoms. The van der Waals surface area contributed by atoms with Gasteiger partial charge in [-0.2, -0.15) is 0 Å². The molecule has 0 aliphatic heterocycles. The number of amides is 1. The minimum absolute atomic E-state index is 0.169. The van der Waals surface area contributed by atoms with Crippen LogP contribution in [-0.4, -0.2) is 49.2 Å². The van der Waals surface area contributed by atoms with Crippen LogP contribution in [0, 0.1) is 0 Å². The van der Waals surface area contributed by atoms with Crippen LogP contribution in [0.25, 0.3) is 0 Å². The molecule has 162 valence electrons. The van der Waals surface area contributed by atoms with Gasteiger partial charge in [-0.05, 0) is 26.4 Å². The molecule has 0 aromatic rings. The number of nitrogens with zero attached hydrogens (tertiary/aromatic N) is 1. The van der Waals surface area contributed by atoms with Crippen LogP contribution in [0.4, 0.5) is 0 Å². The summed E-state index contributed by atoms with van der Waals surface area (Å²) in [6.07, 6.45) is 20.5. The maximum Gasteiger partial charge on any atom is 0.220 e. The summed E-state index contributed by atoms with van der Waals surface area (Å²) >= 11 is 0. The zero-order valence-corrected chi connectivity index (χ0v) is 18.4. The number of hydrogen-bond acceptors (Lipinski definition) is 3. The lowest BCUT2D eigenvalue weighted by Gasteiger charge is -2.14. The predicted molar refractivity (Wildman–Crippen MR) is 117 cm³/mol. The van der Waals surface area contributed by atoms with E-state index in [-0.39, 0.29) is 12.5 Å². The van der Waals surface area contributed by atoms with Gasteiger partial charge in [-0.15, -0.1) is 0 Å². The number of aliphatic hydroxyl groups excluding tert-OH is 1. The van der Waals surface area contributed by atoms with Crippen LogP contribution in [0.5, 0.6) is 0 Å². The molecular formula is C23H48N2O2. The van der Waals surface area contributed by atoms with Crippen molar-refractivity contribution < 1.29 is 9.90 Å². The van der Waals surface area contributed by atoms with Gasteiger partial charge in [-0.25, -0.2) is 0 Å². The van der Waals surface area contributed by atoms with E-state index in [1.54, 1.807) is 0 Å². The van der Waals surface area contributed by atoms with Crippen molar-refractivity contribution in [3.05, 3.63) is 0 Å². The molecule has 0 aliphatic carbocycles. The van der Waals surface area contributed by atoms with E-state index in [2.05, 4.69) is 17.1 Å². The van der Waals surface area contributed by atoms with E-state index in [0.717, 1.165) is 25.9 Å². The Hall–Kier alpha value is -0.610. The summed E-state index contributed by atoms with van der Waals surface area (Å²) in [6.45, 7) is 4.83. The Kier molecular flexibility index (Phi) is 21.2. The van der Waals surface area contributed by atoms with Gasteiger partial charge >= 0.3 is 0 Å². The number of hydrogen-bond donors (Lipinski definition) is 2. The maximum atomic E-state index is 11.7. The molecule has 0 saturated heterocycles. The second-order valence-corrected chi connectivity index (χ2v) is 8.08. The van der Waals surface area contributed by atoms with Gasteiger partial charge in [-0.1, -0.05) is 90.4 Å². The third-order valence-corrected chi connectivity index (χ3v) is 5.28. The van der Waals surface area contributed by atoms with E-state index in [1.165, 1.54) is 83.5 Å². The monoisotopic (exact) mass is 384 g/mol. The highest BCUT2D eigenvalue weighted by molar-refractivity contribution is 5.75. The molecule has 4 nitrogen and oxygen atoms in total. The highest BCUT2D eigenvalue weighted by Crippen LogP contribution is 2.12. The Balaban J connectivity index is 3.16. The summed E-state index contributed by atoms with van der Waals surface area (Å²) in [4.78, 5) is 13.8. The molecule has 0 aliphatic rings. The summed E-state index contributed by atoms with van der Waals surface area (Å²) in [6, 6.07) is 0. The average molecular weight is 385 g/mol. The smallest absolute Gasteiger partial charge is 0.220 e. The third-order valence-electron chi connectivity index (χ3n) is 5.28. The van der Waals surface area contributed by atoms with Crippen molar-refractivity contribution in [1.29, 1.82) is 0 Å². The molecule has 0 unspecified atom stereocenters. The zero-order chi connectivity index (χ0) is 20.0. The Labute approximate surface area is 169 Å². The fraction of sp³-hybridized carbons (Fsp3) is 0.957. The van der Waals surface area contributed by atoms with Crippen molar-refractivity contribution >= 4 is 5.91 Å². The lowest BCUT2D eigenvalue weighted by atomic mass is 10.0. The number of carbonyl (C=O) groups is 1. The van der Waals surface area contributed by atoms with E-state index in [4.69, 9.17) is 5.11 Å². The first-order valence-electron chi connectivity index (χ1n) is 11.8. The SMILES string of the molecule is CCCCCCCCCCCCCCCCNC(=O)CCCN(C)CCO. The lowest BCUT2D eigenvalue weighted by molar-refractivity contribution is -0.121. The summed E-state index contributed by atoms with van der Waals surface area (Å²) in [5, 5.41) is 11.9. The fourth-order valence-corrected chi connectivity index (χ4v) is 3.43. The lowest BCUT2D eigenvalue weighted by Crippen LogP contribution is -2.27. The van der Waals surface area contributed by atoms with Crippen molar-refractivity contribution in [3.63, 3.8) is 0 Å². The summed E-state index contributed by atoms with van der Waals surface area (Å²) in [5.41, 5.74) is 0. The normalized spacial score (nSPS) is 11.3. The Bertz CT molecular complexity index is 311. The van der Waals surface area contributed by atoms with Crippen LogP contribution in [0.2, 0.25) is 0 Å². The minimum atomic E-state index is 0.169. The van der Waals surface area contributed by atoms with E-state index in [9.17, 15) is 4.79 Å². The van der Waals surface area contributed by atoms with Gasteiger partial charge in [0.2, 0.25) is 5.91 Å². The van der Waals surface area contributed by atoms with Gasteiger partial charge in [0.1, 0.15) is 0 Å². The standard InChI is InChI=1S/C23H48N2O2/c1-3-4-5-6-7-8-9-10-11-12-13-14-15-16-19-24-23(27)18-17-20-25(2)21-22-26/h26H,3-22H2,1-2H3,(H,24,27). The second kappa shape index (κ2) is 21.7. The fourth-order valence-electron chi connectivity index (χ4n) is 3.43. The highest BCUT2D eigenvalue weighted by atomic mass is 16.3. The highest BCUT2D eigenvalue weighted by Gasteiger charge is 2.02. The number of unbranched alkanes of at least 4 members (excludes halogenated alkanes) is 13. The molecule has 0 aromatic heterocycles. The van der Waals surface area contributed by atoms with E-state index in [1.807, 2.05) is 7.05 Å². The first kappa shape index (κ1) is 26.4. The van der Waals surface area contributed by atoms with Crippen LogP contribution in [0.15, 0.2) is 0 Å². The van der Waals surface area contributed by atoms with E-state index >= 15 is 0 Å². The summed E-state index contributed by atoms with van der Waals surface area (Å²) in [7, 11) is 1.97. The molecule has 0 fully saturated rings. The first-order chi connectivity index (χ1) is 13.2. The summed E-state index contributed by atoms with van der Waals surface area (Å²) in [5.74, 6) is 0.169. The van der Waals surface area contributed by atoms with Crippen molar-refractivity contribution in [1.82, 2.24) is 10.2 Å². The molecule has 0 rings (SSSR count). The number of likely N-dealkylation sites (N-methyl/N-ethyl adjacent to an activating group) is 1. The van der Waals surface area contributed by atoms with Crippen LogP contribution < -0.4 is 5.32 Å². The van der Waals surface area contributed by atoms with Gasteiger partial charge in [0.25, 0.3) is 0 Å². The van der Waals surface area contributed by atoms with Crippen LogP contribution in [0.1, 0.15) is 110 Å². The maximum absolute atomic E-state index is 11.7. The molecule has 0 heterocycles. The molecule has 2 N–H and O–H groups in total. The molecule has 27 heavy (non-hydrogen) atoms. The largest absolute Gasteiger partial charge is 0.395 e.